The van der Waals surface area contributed by atoms with Crippen LogP contribution in [-0.4, -0.2) is 0 Å². The minimum atomic E-state index is -3.37. The smallest absolute Gasteiger partial charge is 1.00 e. The topological polar surface area (TPSA) is 192 Å². The van der Waals surface area contributed by atoms with Crippen molar-refractivity contribution >= 4 is 23.7 Å². The van der Waals surface area contributed by atoms with Crippen LogP contribution < -0.4 is 262 Å². The van der Waals surface area contributed by atoms with E-state index < -0.39 is 23.7 Å². The summed E-state index contributed by atoms with van der Waals surface area (Å²) < 4.78 is 57.1. The van der Waals surface area contributed by atoms with E-state index in [1.807, 2.05) is 0 Å². The van der Waals surface area contributed by atoms with Gasteiger partial charge in [0.2, 0.25) is 7.91 Å². The Morgan fingerprint density at radius 2 is 0.722 bits per heavy atom. The molecule has 0 bridgehead atoms. The molecular weight excluding hydrogens is 448 g/mol. The molecule has 0 rings (SSSR count). The predicted octanol–water partition coefficient (Wildman–Crippen LogP) is -14.6. The normalized spacial score (nSPS) is 4.50. The molecule has 0 amide bonds. The van der Waals surface area contributed by atoms with Crippen molar-refractivity contribution in [2.75, 3.05) is 0 Å². The Labute approximate surface area is 317 Å². The maximum Gasteiger partial charge on any atom is 1.00 e. The Morgan fingerprint density at radius 3 is 0.722 bits per heavy atom. The van der Waals surface area contributed by atoms with Gasteiger partial charge < -0.3 is 15.8 Å². The van der Waals surface area contributed by atoms with Gasteiger partial charge in [-0.1, -0.05) is 0 Å². The van der Waals surface area contributed by atoms with Crippen LogP contribution in [0, 0.1) is 0 Å². The third-order valence-corrected chi connectivity index (χ3v) is 1.20. The Kier molecular flexibility index (Phi) is 138. The zero-order valence-electron chi connectivity index (χ0n) is 10.4. The third-order valence-electron chi connectivity index (χ3n) is 0.133. The molecule has 0 aromatic heterocycles. The van der Waals surface area contributed by atoms with Gasteiger partial charge in [0.1, 0.15) is 0 Å². The molecule has 0 spiro atoms. The van der Waals surface area contributed by atoms with E-state index in [1.54, 1.807) is 0 Å². The van der Waals surface area contributed by atoms with Crippen LogP contribution in [-0.2, 0) is 42.7 Å². The van der Waals surface area contributed by atoms with E-state index in [0.717, 1.165) is 0 Å². The van der Waals surface area contributed by atoms with Gasteiger partial charge >= 0.3 is 273 Å². The van der Waals surface area contributed by atoms with Crippen molar-refractivity contribution in [3.05, 3.63) is 0 Å². The summed E-state index contributed by atoms with van der Waals surface area (Å²) in [6.45, 7) is 0. The third kappa shape index (κ3) is 89.1. The molecule has 0 saturated heterocycles. The summed E-state index contributed by atoms with van der Waals surface area (Å²) in [5.74, 6) is 0. The van der Waals surface area contributed by atoms with Gasteiger partial charge in [-0.15, -0.1) is 0 Å². The summed E-state index contributed by atoms with van der Waals surface area (Å²) in [6.07, 6.45) is 0. The van der Waals surface area contributed by atoms with Gasteiger partial charge in [0, 0.05) is 0 Å². The summed E-state index contributed by atoms with van der Waals surface area (Å²) in [5.41, 5.74) is 0. The van der Waals surface area contributed by atoms with Crippen LogP contribution in [0.25, 0.3) is 0 Å². The first kappa shape index (κ1) is 56.2. The zero-order chi connectivity index (χ0) is 9.44. The second kappa shape index (κ2) is 44.3. The average Bonchev–Trinajstić information content (AvgIpc) is 1.56. The van der Waals surface area contributed by atoms with Crippen molar-refractivity contribution in [1.82, 2.24) is 0 Å². The molecule has 18 heavy (non-hydrogen) atoms. The standard InChI is InChI=1S/5K.O5P2.HO3P.2O/c;;;;;1-6(2)5-7(3)4;1-4(2)3;;/h;;;;;;(H,1,2,3);;/q5*+1;;;2*-2/p-1. The Balaban J connectivity index is -0.00000000977. The molecule has 0 aliphatic heterocycles. The summed E-state index contributed by atoms with van der Waals surface area (Å²) in [7, 11) is -9.84. The molecule has 0 aromatic carbocycles. The van der Waals surface area contributed by atoms with Gasteiger partial charge in [0.25, 0.3) is 0 Å². The molecule has 0 saturated carbocycles. The van der Waals surface area contributed by atoms with Crippen molar-refractivity contribution in [2.45, 2.75) is 0 Å². The Hall–Kier alpha value is 7.72. The van der Waals surface area contributed by atoms with Crippen molar-refractivity contribution in [1.29, 1.82) is 0 Å². The molecule has 10 nitrogen and oxygen atoms in total. The van der Waals surface area contributed by atoms with Gasteiger partial charge in [-0.3, -0.25) is 9.13 Å². The van der Waals surface area contributed by atoms with Gasteiger partial charge in [-0.25, -0.2) is 18.3 Å². The van der Waals surface area contributed by atoms with Gasteiger partial charge in [0.05, 0.1) is 0 Å². The van der Waals surface area contributed by atoms with Gasteiger partial charge in [-0.2, -0.15) is 4.31 Å². The zero-order valence-corrected chi connectivity index (χ0v) is 28.7. The van der Waals surface area contributed by atoms with Crippen LogP contribution in [0.2, 0.25) is 0 Å². The molecule has 80 valence electrons. The van der Waals surface area contributed by atoms with Crippen LogP contribution in [0.5, 0.6) is 0 Å². The fourth-order valence-electron chi connectivity index (χ4n) is 0.0544. The molecule has 18 heteroatoms. The molecule has 0 aliphatic carbocycles. The minimum Gasteiger partial charge on any atom is -2.00 e. The average molecular weight is 448 g/mol. The van der Waals surface area contributed by atoms with Crippen molar-refractivity contribution in [3.8, 4) is 0 Å². The summed E-state index contributed by atoms with van der Waals surface area (Å²) >= 11 is 0. The molecule has 0 unspecified atom stereocenters. The van der Waals surface area contributed by atoms with Crippen LogP contribution in [0.1, 0.15) is 0 Å². The maximum atomic E-state index is 9.24. The number of hydrogen-bond donors (Lipinski definition) is 0. The fraction of sp³-hybridized carbons (Fsp3) is 0. The minimum absolute atomic E-state index is 0. The Morgan fingerprint density at radius 1 is 0.611 bits per heavy atom. The predicted molar refractivity (Wildman–Crippen MR) is 27.3 cm³/mol. The van der Waals surface area contributed by atoms with E-state index in [0.29, 0.717) is 0 Å². The quantitative estimate of drug-likeness (QED) is 0.293. The second-order valence-corrected chi connectivity index (χ2v) is 2.75. The largest absolute Gasteiger partial charge is 2.00 e. The van der Waals surface area contributed by atoms with E-state index in [9.17, 15) is 18.3 Å². The molecule has 0 atom stereocenters. The van der Waals surface area contributed by atoms with Crippen LogP contribution >= 0.6 is 23.7 Å². The van der Waals surface area contributed by atoms with Crippen molar-refractivity contribution in [2.24, 2.45) is 0 Å². The van der Waals surface area contributed by atoms with Crippen LogP contribution in [0.3, 0.4) is 0 Å². The number of hydrogen-bond acceptors (Lipinski definition) is 8. The molecular formula is K5O10P3. The van der Waals surface area contributed by atoms with Crippen LogP contribution in [0.4, 0.5) is 0 Å². The summed E-state index contributed by atoms with van der Waals surface area (Å²) in [5, 5.41) is 0. The van der Waals surface area contributed by atoms with E-state index in [4.69, 9.17) is 14.0 Å². The second-order valence-electron chi connectivity index (χ2n) is 0.752. The Bertz CT molecular complexity index is 259. The summed E-state index contributed by atoms with van der Waals surface area (Å²) in [6, 6.07) is 0. The molecule has 0 fully saturated rings. The first-order valence-corrected chi connectivity index (χ1v) is 4.93. The van der Waals surface area contributed by atoms with Crippen LogP contribution in [0.15, 0.2) is 0 Å². The maximum absolute atomic E-state index is 9.24. The first-order valence-electron chi connectivity index (χ1n) is 1.64. The van der Waals surface area contributed by atoms with Gasteiger partial charge in [-0.05, 0) is 0 Å². The number of rotatable bonds is 2. The van der Waals surface area contributed by atoms with E-state index in [-0.39, 0.29) is 268 Å². The molecule has 0 aromatic rings. The fourth-order valence-corrected chi connectivity index (χ4v) is 0.490. The van der Waals surface area contributed by atoms with E-state index in [1.165, 1.54) is 0 Å². The van der Waals surface area contributed by atoms with E-state index in [2.05, 4.69) is 4.31 Å². The molecule has 0 aliphatic rings. The molecule has 0 N–H and O–H groups in total. The van der Waals surface area contributed by atoms with E-state index >= 15 is 0 Å². The van der Waals surface area contributed by atoms with Gasteiger partial charge in [0.15, 0.2) is 0 Å². The SMILES string of the molecule is O=P(=O)OP(=O)=O.O=P(=O)[O-].[K+].[K+].[K+].[K+].[K+].[O-2].[O-2]. The van der Waals surface area contributed by atoms with Crippen molar-refractivity contribution < 1.29 is 304 Å². The molecule has 0 radical (unpaired) electrons. The summed E-state index contributed by atoms with van der Waals surface area (Å²) in [4.78, 5) is 8.48. The monoisotopic (exact) mass is 448 g/mol. The van der Waals surface area contributed by atoms with Crippen molar-refractivity contribution in [3.63, 3.8) is 0 Å². The molecule has 0 heterocycles. The first-order chi connectivity index (χ1) is 4.86.